The van der Waals surface area contributed by atoms with Gasteiger partial charge >= 0.3 is 5.97 Å². The molecule has 0 saturated carbocycles. The predicted molar refractivity (Wildman–Crippen MR) is 97.4 cm³/mol. The molecule has 0 aromatic carbocycles. The number of aryl methyl sites for hydroxylation is 1. The van der Waals surface area contributed by atoms with Crippen LogP contribution in [0.4, 0.5) is 0 Å². The van der Waals surface area contributed by atoms with Crippen LogP contribution < -0.4 is 0 Å². The van der Waals surface area contributed by atoms with Crippen LogP contribution in [0.3, 0.4) is 0 Å². The summed E-state index contributed by atoms with van der Waals surface area (Å²) < 4.78 is 37.9. The summed E-state index contributed by atoms with van der Waals surface area (Å²) in [6.45, 7) is 6.49. The summed E-state index contributed by atoms with van der Waals surface area (Å²) >= 11 is 1.17. The quantitative estimate of drug-likeness (QED) is 0.719. The summed E-state index contributed by atoms with van der Waals surface area (Å²) in [7, 11) is -3.58. The molecule has 0 atom stereocenters. The maximum atomic E-state index is 12.9. The summed E-state index contributed by atoms with van der Waals surface area (Å²) in [4.78, 5) is 12.6. The smallest absolute Gasteiger partial charge is 0.309 e. The van der Waals surface area contributed by atoms with E-state index in [1.165, 1.54) is 15.6 Å². The van der Waals surface area contributed by atoms with Gasteiger partial charge in [-0.2, -0.15) is 4.31 Å². The van der Waals surface area contributed by atoms with Gasteiger partial charge in [-0.15, -0.1) is 11.3 Å². The molecule has 1 aliphatic rings. The van der Waals surface area contributed by atoms with Gasteiger partial charge in [0, 0.05) is 18.7 Å². The highest BCUT2D eigenvalue weighted by atomic mass is 32.2. The minimum atomic E-state index is -3.58. The second kappa shape index (κ2) is 7.50. The molecular weight excluding hydrogens is 376 g/mol. The van der Waals surface area contributed by atoms with Gasteiger partial charge in [-0.05, 0) is 45.7 Å². The van der Waals surface area contributed by atoms with Crippen LogP contribution in [0.5, 0.6) is 0 Å². The second-order valence-corrected chi connectivity index (χ2v) is 9.52. The fourth-order valence-corrected chi connectivity index (χ4v) is 5.91. The fourth-order valence-electron chi connectivity index (χ4n) is 2.95. The van der Waals surface area contributed by atoms with Crippen LogP contribution in [-0.2, 0) is 19.6 Å². The fraction of sp³-hybridized carbons (Fsp3) is 0.529. The molecule has 7 nitrogen and oxygen atoms in total. The third kappa shape index (κ3) is 3.56. The van der Waals surface area contributed by atoms with Crippen LogP contribution in [-0.4, -0.2) is 43.5 Å². The lowest BCUT2D eigenvalue weighted by molar-refractivity contribution is -0.149. The number of carbonyl (C=O) groups excluding carboxylic acids is 1. The molecule has 0 spiro atoms. The molecule has 3 heterocycles. The molecule has 0 N–H and O–H groups in total. The summed E-state index contributed by atoms with van der Waals surface area (Å²) in [5, 5.41) is 3.92. The van der Waals surface area contributed by atoms with Crippen LogP contribution >= 0.6 is 11.3 Å². The van der Waals surface area contributed by atoms with Crippen molar-refractivity contribution in [3.05, 3.63) is 23.4 Å². The Morgan fingerprint density at radius 1 is 1.35 bits per heavy atom. The highest BCUT2D eigenvalue weighted by molar-refractivity contribution is 7.91. The van der Waals surface area contributed by atoms with Crippen molar-refractivity contribution < 1.29 is 22.5 Å². The molecule has 0 amide bonds. The Morgan fingerprint density at radius 2 is 2.04 bits per heavy atom. The van der Waals surface area contributed by atoms with E-state index in [0.29, 0.717) is 38.3 Å². The summed E-state index contributed by atoms with van der Waals surface area (Å²) in [6.07, 6.45) is 0.966. The minimum absolute atomic E-state index is 0.222. The molecule has 2 aromatic rings. The number of piperidine rings is 1. The Balaban J connectivity index is 1.74. The van der Waals surface area contributed by atoms with Gasteiger partial charge in [-0.1, -0.05) is 5.16 Å². The highest BCUT2D eigenvalue weighted by Gasteiger charge is 2.33. The van der Waals surface area contributed by atoms with Crippen LogP contribution in [0, 0.1) is 19.8 Å². The molecule has 0 bridgehead atoms. The minimum Gasteiger partial charge on any atom is -0.466 e. The van der Waals surface area contributed by atoms with E-state index >= 15 is 0 Å². The normalized spacial score (nSPS) is 16.7. The van der Waals surface area contributed by atoms with Crippen molar-refractivity contribution in [2.75, 3.05) is 19.7 Å². The average Bonchev–Trinajstić information content (AvgIpc) is 3.23. The van der Waals surface area contributed by atoms with E-state index in [2.05, 4.69) is 5.16 Å². The number of ether oxygens (including phenoxy) is 1. The average molecular weight is 399 g/mol. The van der Waals surface area contributed by atoms with E-state index in [9.17, 15) is 13.2 Å². The van der Waals surface area contributed by atoms with E-state index in [1.807, 2.05) is 13.8 Å². The number of esters is 1. The third-order valence-corrected chi connectivity index (χ3v) is 8.08. The van der Waals surface area contributed by atoms with Crippen LogP contribution in [0.2, 0.25) is 0 Å². The number of hydrogen-bond acceptors (Lipinski definition) is 7. The van der Waals surface area contributed by atoms with Crippen LogP contribution in [0.15, 0.2) is 20.9 Å². The molecule has 26 heavy (non-hydrogen) atoms. The monoisotopic (exact) mass is 398 g/mol. The van der Waals surface area contributed by atoms with Gasteiger partial charge in [0.05, 0.1) is 23.1 Å². The van der Waals surface area contributed by atoms with Crippen LogP contribution in [0.25, 0.3) is 10.6 Å². The predicted octanol–water partition coefficient (Wildman–Crippen LogP) is 2.98. The van der Waals surface area contributed by atoms with Gasteiger partial charge in [0.1, 0.15) is 4.21 Å². The van der Waals surface area contributed by atoms with Gasteiger partial charge in [0.15, 0.2) is 5.76 Å². The number of carbonyl (C=O) groups is 1. The lowest BCUT2D eigenvalue weighted by Gasteiger charge is -2.29. The van der Waals surface area contributed by atoms with Gasteiger partial charge in [0.2, 0.25) is 0 Å². The molecule has 1 saturated heterocycles. The van der Waals surface area contributed by atoms with Crippen LogP contribution in [0.1, 0.15) is 31.0 Å². The molecule has 0 aliphatic carbocycles. The molecule has 142 valence electrons. The molecule has 2 aromatic heterocycles. The van der Waals surface area contributed by atoms with E-state index in [1.54, 1.807) is 19.1 Å². The lowest BCUT2D eigenvalue weighted by Crippen LogP contribution is -2.40. The zero-order valence-electron chi connectivity index (χ0n) is 15.0. The van der Waals surface area contributed by atoms with E-state index in [0.717, 1.165) is 16.1 Å². The SMILES string of the molecule is CCOC(=O)C1CCN(S(=O)(=O)c2ccc(-c3onc(C)c3C)s2)CC1. The van der Waals surface area contributed by atoms with E-state index in [4.69, 9.17) is 9.26 Å². The Hall–Kier alpha value is -1.71. The summed E-state index contributed by atoms with van der Waals surface area (Å²) in [5.74, 6) is 0.147. The molecule has 0 radical (unpaired) electrons. The van der Waals surface area contributed by atoms with Crippen molar-refractivity contribution in [1.29, 1.82) is 0 Å². The molecular formula is C17H22N2O5S2. The van der Waals surface area contributed by atoms with Gasteiger partial charge in [-0.25, -0.2) is 8.42 Å². The molecule has 9 heteroatoms. The van der Waals surface area contributed by atoms with E-state index in [-0.39, 0.29) is 16.1 Å². The van der Waals surface area contributed by atoms with Gasteiger partial charge < -0.3 is 9.26 Å². The first-order chi connectivity index (χ1) is 12.3. The zero-order valence-corrected chi connectivity index (χ0v) is 16.7. The standard InChI is InChI=1S/C17H22N2O5S2/c1-4-23-17(20)13-7-9-19(10-8-13)26(21,22)15-6-5-14(25-15)16-11(2)12(3)18-24-16/h5-6,13H,4,7-10H2,1-3H3. The molecule has 3 rings (SSSR count). The molecule has 0 unspecified atom stereocenters. The number of aromatic nitrogens is 1. The molecule has 1 fully saturated rings. The number of thiophene rings is 1. The number of sulfonamides is 1. The first-order valence-electron chi connectivity index (χ1n) is 8.54. The summed E-state index contributed by atoms with van der Waals surface area (Å²) in [5.41, 5.74) is 1.70. The van der Waals surface area contributed by atoms with Crippen molar-refractivity contribution in [2.24, 2.45) is 5.92 Å². The molecule has 1 aliphatic heterocycles. The maximum Gasteiger partial charge on any atom is 0.309 e. The Labute approximate surface area is 157 Å². The summed E-state index contributed by atoms with van der Waals surface area (Å²) in [6, 6.07) is 3.35. The largest absolute Gasteiger partial charge is 0.466 e. The van der Waals surface area contributed by atoms with Gasteiger partial charge in [0.25, 0.3) is 10.0 Å². The highest BCUT2D eigenvalue weighted by Crippen LogP contribution is 2.35. The first-order valence-corrected chi connectivity index (χ1v) is 10.8. The zero-order chi connectivity index (χ0) is 18.9. The Morgan fingerprint density at radius 3 is 2.62 bits per heavy atom. The third-order valence-electron chi connectivity index (χ3n) is 4.63. The number of hydrogen-bond donors (Lipinski definition) is 0. The Bertz CT molecular complexity index is 892. The maximum absolute atomic E-state index is 12.9. The lowest BCUT2D eigenvalue weighted by atomic mass is 9.98. The van der Waals surface area contributed by atoms with Crippen molar-refractivity contribution in [2.45, 2.75) is 37.8 Å². The topological polar surface area (TPSA) is 89.7 Å². The Kier molecular flexibility index (Phi) is 5.50. The van der Waals surface area contributed by atoms with Crippen molar-refractivity contribution in [3.63, 3.8) is 0 Å². The first kappa shape index (κ1) is 19.1. The second-order valence-electron chi connectivity index (χ2n) is 6.27. The van der Waals surface area contributed by atoms with Crippen molar-refractivity contribution >= 4 is 27.3 Å². The number of nitrogens with zero attached hydrogens (tertiary/aromatic N) is 2. The van der Waals surface area contributed by atoms with Crippen molar-refractivity contribution in [3.8, 4) is 10.6 Å². The van der Waals surface area contributed by atoms with Crippen molar-refractivity contribution in [1.82, 2.24) is 9.46 Å². The van der Waals surface area contributed by atoms with Gasteiger partial charge in [-0.3, -0.25) is 4.79 Å². The number of rotatable bonds is 5. The van der Waals surface area contributed by atoms with E-state index < -0.39 is 10.0 Å².